The zero-order valence-corrected chi connectivity index (χ0v) is 20.3. The number of phenolic OH excluding ortho intramolecular Hbond substituents is 2. The third-order valence-corrected chi connectivity index (χ3v) is 6.07. The molecule has 0 aliphatic carbocycles. The quantitative estimate of drug-likeness (QED) is 0.188. The van der Waals surface area contributed by atoms with Crippen molar-refractivity contribution in [3.05, 3.63) is 23.8 Å². The Labute approximate surface area is 193 Å². The molecule has 2 unspecified atom stereocenters. The van der Waals surface area contributed by atoms with Crippen LogP contribution in [0.5, 0.6) is 11.5 Å². The number of carbonyl (C=O) groups excluding carboxylic acids is 2. The summed E-state index contributed by atoms with van der Waals surface area (Å²) in [6.45, 7) is 8.89. The molecule has 0 radical (unpaired) electrons. The molecule has 0 saturated carbocycles. The second kappa shape index (κ2) is 15.5. The third-order valence-electron chi connectivity index (χ3n) is 6.07. The summed E-state index contributed by atoms with van der Waals surface area (Å²) in [5.74, 6) is -2.10. The molecule has 6 nitrogen and oxygen atoms in total. The number of unbranched alkanes of at least 4 members (excludes halogenated alkanes) is 2. The zero-order chi connectivity index (χ0) is 23.9. The zero-order valence-electron chi connectivity index (χ0n) is 20.3. The van der Waals surface area contributed by atoms with Crippen LogP contribution in [0.1, 0.15) is 84.6 Å². The van der Waals surface area contributed by atoms with Gasteiger partial charge in [-0.2, -0.15) is 0 Å². The number of rotatable bonds is 16. The van der Waals surface area contributed by atoms with E-state index in [0.717, 1.165) is 51.4 Å². The number of ether oxygens (including phenoxy) is 2. The Kier molecular flexibility index (Phi) is 13.5. The van der Waals surface area contributed by atoms with Gasteiger partial charge in [0.05, 0.1) is 13.2 Å². The van der Waals surface area contributed by atoms with E-state index in [4.69, 9.17) is 9.47 Å². The van der Waals surface area contributed by atoms with Crippen LogP contribution >= 0.6 is 0 Å². The van der Waals surface area contributed by atoms with Crippen molar-refractivity contribution < 1.29 is 29.3 Å². The average molecular weight is 451 g/mol. The fraction of sp³-hybridized carbons (Fsp3) is 0.692. The van der Waals surface area contributed by atoms with Gasteiger partial charge in [-0.1, -0.05) is 66.2 Å². The van der Waals surface area contributed by atoms with Crippen LogP contribution in [0.2, 0.25) is 0 Å². The van der Waals surface area contributed by atoms with Crippen molar-refractivity contribution in [2.75, 3.05) is 13.2 Å². The Morgan fingerprint density at radius 3 is 1.78 bits per heavy atom. The summed E-state index contributed by atoms with van der Waals surface area (Å²) in [5.41, 5.74) is 0.306. The molecule has 0 bridgehead atoms. The van der Waals surface area contributed by atoms with E-state index in [1.807, 2.05) is 0 Å². The normalized spacial score (nSPS) is 13.9. The molecule has 0 saturated heterocycles. The molecular formula is C26H42O6. The minimum atomic E-state index is -1.19. The summed E-state index contributed by atoms with van der Waals surface area (Å²) < 4.78 is 11.1. The van der Waals surface area contributed by atoms with Crippen LogP contribution < -0.4 is 0 Å². The van der Waals surface area contributed by atoms with E-state index >= 15 is 0 Å². The first kappa shape index (κ1) is 27.8. The minimum Gasteiger partial charge on any atom is -0.508 e. The van der Waals surface area contributed by atoms with E-state index in [0.29, 0.717) is 5.56 Å². The van der Waals surface area contributed by atoms with Gasteiger partial charge in [-0.3, -0.25) is 9.59 Å². The van der Waals surface area contributed by atoms with E-state index in [2.05, 4.69) is 27.7 Å². The lowest BCUT2D eigenvalue weighted by Crippen LogP contribution is -2.32. The molecule has 0 aliphatic rings. The largest absolute Gasteiger partial charge is 0.508 e. The number of benzene rings is 1. The first-order valence-corrected chi connectivity index (χ1v) is 12.2. The van der Waals surface area contributed by atoms with Crippen LogP contribution in [0.15, 0.2) is 18.2 Å². The molecule has 0 heterocycles. The Balaban J connectivity index is 2.90. The van der Waals surface area contributed by atoms with Gasteiger partial charge >= 0.3 is 11.9 Å². The predicted octanol–water partition coefficient (Wildman–Crippen LogP) is 5.78. The Hall–Kier alpha value is -2.24. The lowest BCUT2D eigenvalue weighted by Gasteiger charge is -2.20. The number of hydrogen-bond donors (Lipinski definition) is 2. The van der Waals surface area contributed by atoms with Crippen molar-refractivity contribution in [1.29, 1.82) is 0 Å². The van der Waals surface area contributed by atoms with Crippen molar-refractivity contribution >= 4 is 11.9 Å². The van der Waals surface area contributed by atoms with Gasteiger partial charge in [-0.15, -0.1) is 0 Å². The molecule has 6 heteroatoms. The molecule has 1 aromatic carbocycles. The van der Waals surface area contributed by atoms with E-state index in [1.54, 1.807) is 0 Å². The average Bonchev–Trinajstić information content (AvgIpc) is 2.79. The standard InChI is InChI=1S/C26H42O6/c1-5-9-11-19(7-3)17-31-25(29)23(16-21-15-22(27)13-14-24(21)28)26(30)32-18-20(8-4)12-10-6-2/h13-15,19-20,23,27-28H,5-12,16-18H2,1-4H3. The molecule has 32 heavy (non-hydrogen) atoms. The van der Waals surface area contributed by atoms with Crippen LogP contribution in [0.4, 0.5) is 0 Å². The van der Waals surface area contributed by atoms with Crippen LogP contribution in [-0.4, -0.2) is 35.4 Å². The topological polar surface area (TPSA) is 93.1 Å². The van der Waals surface area contributed by atoms with Crippen molar-refractivity contribution in [3.8, 4) is 11.5 Å². The number of phenols is 2. The van der Waals surface area contributed by atoms with Gasteiger partial charge in [0.25, 0.3) is 0 Å². The highest BCUT2D eigenvalue weighted by Gasteiger charge is 2.32. The maximum absolute atomic E-state index is 12.9. The number of aromatic hydroxyl groups is 2. The molecule has 0 fully saturated rings. The van der Waals surface area contributed by atoms with Crippen LogP contribution in [0, 0.1) is 17.8 Å². The fourth-order valence-corrected chi connectivity index (χ4v) is 3.62. The Morgan fingerprint density at radius 2 is 1.34 bits per heavy atom. The van der Waals surface area contributed by atoms with Crippen molar-refractivity contribution in [2.24, 2.45) is 17.8 Å². The van der Waals surface area contributed by atoms with Crippen molar-refractivity contribution in [1.82, 2.24) is 0 Å². The SMILES string of the molecule is CCCCC(CC)COC(=O)C(Cc1cc(O)ccc1O)C(=O)OCC(CC)CCCC. The predicted molar refractivity (Wildman–Crippen MR) is 125 cm³/mol. The summed E-state index contributed by atoms with van der Waals surface area (Å²) in [5, 5.41) is 19.9. The maximum Gasteiger partial charge on any atom is 0.320 e. The van der Waals surface area contributed by atoms with E-state index in [-0.39, 0.29) is 43.0 Å². The van der Waals surface area contributed by atoms with Gasteiger partial charge in [0.1, 0.15) is 11.5 Å². The fourth-order valence-electron chi connectivity index (χ4n) is 3.62. The van der Waals surface area contributed by atoms with Gasteiger partial charge in [0, 0.05) is 6.42 Å². The number of esters is 2. The molecule has 0 amide bonds. The molecule has 182 valence electrons. The first-order valence-electron chi connectivity index (χ1n) is 12.2. The minimum absolute atomic E-state index is 0.0468. The highest BCUT2D eigenvalue weighted by atomic mass is 16.6. The summed E-state index contributed by atoms with van der Waals surface area (Å²) in [4.78, 5) is 25.8. The summed E-state index contributed by atoms with van der Waals surface area (Å²) >= 11 is 0. The number of carbonyl (C=O) groups is 2. The number of hydrogen-bond acceptors (Lipinski definition) is 6. The molecule has 0 spiro atoms. The van der Waals surface area contributed by atoms with Crippen LogP contribution in [0.3, 0.4) is 0 Å². The van der Waals surface area contributed by atoms with Gasteiger partial charge < -0.3 is 19.7 Å². The molecule has 1 rings (SSSR count). The highest BCUT2D eigenvalue weighted by molar-refractivity contribution is 5.95. The third kappa shape index (κ3) is 9.92. The maximum atomic E-state index is 12.9. The van der Waals surface area contributed by atoms with Crippen molar-refractivity contribution in [2.45, 2.75) is 85.5 Å². The summed E-state index contributed by atoms with van der Waals surface area (Å²) in [6, 6.07) is 4.05. The summed E-state index contributed by atoms with van der Waals surface area (Å²) in [6.07, 6.45) is 7.92. The molecular weight excluding hydrogens is 408 g/mol. The van der Waals surface area contributed by atoms with Gasteiger partial charge in [-0.05, 0) is 48.4 Å². The monoisotopic (exact) mass is 450 g/mol. The van der Waals surface area contributed by atoms with E-state index in [9.17, 15) is 19.8 Å². The molecule has 0 aliphatic heterocycles. The van der Waals surface area contributed by atoms with Crippen LogP contribution in [-0.2, 0) is 25.5 Å². The Morgan fingerprint density at radius 1 is 0.844 bits per heavy atom. The van der Waals surface area contributed by atoms with Gasteiger partial charge in [-0.25, -0.2) is 0 Å². The summed E-state index contributed by atoms with van der Waals surface area (Å²) in [7, 11) is 0. The van der Waals surface area contributed by atoms with Crippen molar-refractivity contribution in [3.63, 3.8) is 0 Å². The molecule has 2 N–H and O–H groups in total. The lowest BCUT2D eigenvalue weighted by atomic mass is 9.97. The smallest absolute Gasteiger partial charge is 0.320 e. The lowest BCUT2D eigenvalue weighted by molar-refractivity contribution is -0.163. The van der Waals surface area contributed by atoms with Crippen LogP contribution in [0.25, 0.3) is 0 Å². The highest BCUT2D eigenvalue weighted by Crippen LogP contribution is 2.26. The van der Waals surface area contributed by atoms with Gasteiger partial charge in [0.15, 0.2) is 5.92 Å². The van der Waals surface area contributed by atoms with Gasteiger partial charge in [0.2, 0.25) is 0 Å². The molecule has 2 atom stereocenters. The Bertz CT molecular complexity index is 655. The second-order valence-electron chi connectivity index (χ2n) is 8.66. The second-order valence-corrected chi connectivity index (χ2v) is 8.66. The molecule has 1 aromatic rings. The van der Waals surface area contributed by atoms with E-state index in [1.165, 1.54) is 18.2 Å². The molecule has 0 aromatic heterocycles. The first-order chi connectivity index (χ1) is 15.4. The van der Waals surface area contributed by atoms with E-state index < -0.39 is 17.9 Å².